The van der Waals surface area contributed by atoms with Crippen LogP contribution in [0.1, 0.15) is 13.3 Å². The van der Waals surface area contributed by atoms with Crippen molar-refractivity contribution >= 4 is 5.78 Å². The number of hydrogen-bond acceptors (Lipinski definition) is 4. The summed E-state index contributed by atoms with van der Waals surface area (Å²) in [5.41, 5.74) is -0.595. The lowest BCUT2D eigenvalue weighted by atomic mass is 9.89. The summed E-state index contributed by atoms with van der Waals surface area (Å²) in [6.07, 6.45) is 3.58. The van der Waals surface area contributed by atoms with Crippen molar-refractivity contribution in [2.45, 2.75) is 30.8 Å². The molecule has 3 rings (SSSR count). The van der Waals surface area contributed by atoms with E-state index in [1.807, 2.05) is 13.0 Å². The van der Waals surface area contributed by atoms with Crippen molar-refractivity contribution in [1.82, 2.24) is 0 Å². The molecule has 0 saturated carbocycles. The van der Waals surface area contributed by atoms with E-state index in [2.05, 4.69) is 0 Å². The zero-order valence-electron chi connectivity index (χ0n) is 7.99. The Morgan fingerprint density at radius 3 is 2.86 bits per heavy atom. The van der Waals surface area contributed by atoms with E-state index < -0.39 is 17.5 Å². The van der Waals surface area contributed by atoms with Crippen LogP contribution < -0.4 is 0 Å². The van der Waals surface area contributed by atoms with E-state index in [4.69, 9.17) is 14.2 Å². The summed E-state index contributed by atoms with van der Waals surface area (Å²) < 4.78 is 16.8. The van der Waals surface area contributed by atoms with Crippen LogP contribution in [0.4, 0.5) is 0 Å². The highest BCUT2D eigenvalue weighted by molar-refractivity contribution is 5.88. The maximum Gasteiger partial charge on any atom is 0.208 e. The van der Waals surface area contributed by atoms with Crippen molar-refractivity contribution in [3.8, 4) is 0 Å². The van der Waals surface area contributed by atoms with Crippen LogP contribution in [-0.2, 0) is 19.0 Å². The van der Waals surface area contributed by atoms with Crippen molar-refractivity contribution in [2.24, 2.45) is 0 Å². The molecular formula is C10H12O4. The lowest BCUT2D eigenvalue weighted by Crippen LogP contribution is -2.58. The van der Waals surface area contributed by atoms with Gasteiger partial charge in [0, 0.05) is 0 Å². The van der Waals surface area contributed by atoms with Gasteiger partial charge in [-0.05, 0) is 19.1 Å². The van der Waals surface area contributed by atoms with E-state index >= 15 is 0 Å². The Labute approximate surface area is 81.8 Å². The summed E-state index contributed by atoms with van der Waals surface area (Å²) >= 11 is 0. The minimum atomic E-state index is -0.867. The molecular weight excluding hydrogens is 184 g/mol. The summed E-state index contributed by atoms with van der Waals surface area (Å²) in [4.78, 5) is 11.6. The minimum Gasteiger partial charge on any atom is -0.350 e. The molecule has 2 atom stereocenters. The van der Waals surface area contributed by atoms with Crippen molar-refractivity contribution < 1.29 is 19.0 Å². The average molecular weight is 196 g/mol. The molecule has 4 nitrogen and oxygen atoms in total. The molecule has 0 aromatic carbocycles. The Bertz CT molecular complexity index is 316. The van der Waals surface area contributed by atoms with Gasteiger partial charge >= 0.3 is 0 Å². The van der Waals surface area contributed by atoms with Gasteiger partial charge in [-0.2, -0.15) is 0 Å². The van der Waals surface area contributed by atoms with E-state index in [-0.39, 0.29) is 5.78 Å². The zero-order chi connectivity index (χ0) is 9.81. The first-order chi connectivity index (χ1) is 6.65. The highest BCUT2D eigenvalue weighted by atomic mass is 16.8. The van der Waals surface area contributed by atoms with Crippen molar-refractivity contribution in [3.63, 3.8) is 0 Å². The summed E-state index contributed by atoms with van der Waals surface area (Å²) in [7, 11) is 0. The van der Waals surface area contributed by atoms with Gasteiger partial charge < -0.3 is 14.2 Å². The fourth-order valence-corrected chi connectivity index (χ4v) is 2.35. The van der Waals surface area contributed by atoms with Crippen LogP contribution in [0.3, 0.4) is 0 Å². The van der Waals surface area contributed by atoms with Gasteiger partial charge in [0.25, 0.3) is 0 Å². The first kappa shape index (κ1) is 8.59. The van der Waals surface area contributed by atoms with Crippen LogP contribution in [0.5, 0.6) is 0 Å². The van der Waals surface area contributed by atoms with Crippen molar-refractivity contribution in [2.75, 3.05) is 13.2 Å². The van der Waals surface area contributed by atoms with Gasteiger partial charge in [-0.15, -0.1) is 0 Å². The smallest absolute Gasteiger partial charge is 0.208 e. The Morgan fingerprint density at radius 2 is 2.14 bits per heavy atom. The second-order valence-corrected chi connectivity index (χ2v) is 4.10. The van der Waals surface area contributed by atoms with Crippen LogP contribution in [0.15, 0.2) is 12.2 Å². The van der Waals surface area contributed by atoms with Crippen LogP contribution >= 0.6 is 0 Å². The summed E-state index contributed by atoms with van der Waals surface area (Å²) in [6, 6.07) is 0. The molecule has 0 aromatic rings. The van der Waals surface area contributed by atoms with Crippen molar-refractivity contribution in [1.29, 1.82) is 0 Å². The van der Waals surface area contributed by atoms with Gasteiger partial charge in [0.2, 0.25) is 5.79 Å². The third kappa shape index (κ3) is 0.860. The second kappa shape index (κ2) is 2.45. The number of Topliss-reactive ketones (excluding diaryl/α,β-unsaturated/α-hetero) is 1. The maximum absolute atomic E-state index is 11.6. The van der Waals surface area contributed by atoms with E-state index in [0.29, 0.717) is 19.6 Å². The lowest BCUT2D eigenvalue weighted by molar-refractivity contribution is -0.276. The fraction of sp³-hybridized carbons (Fsp3) is 0.700. The molecule has 2 bridgehead atoms. The topological polar surface area (TPSA) is 44.8 Å². The monoisotopic (exact) mass is 196 g/mol. The van der Waals surface area contributed by atoms with E-state index in [1.54, 1.807) is 6.08 Å². The standard InChI is InChI=1S/C10H12O4/c1-9-3-2-8(14-9)7(11)6-10(9)12-4-5-13-10/h2-3,8H,4-6H2,1H3. The Kier molecular flexibility index (Phi) is 1.50. The summed E-state index contributed by atoms with van der Waals surface area (Å²) in [6.45, 7) is 2.97. The predicted molar refractivity (Wildman–Crippen MR) is 46.7 cm³/mol. The Morgan fingerprint density at radius 1 is 1.43 bits per heavy atom. The molecule has 0 aromatic heterocycles. The zero-order valence-corrected chi connectivity index (χ0v) is 7.99. The maximum atomic E-state index is 11.6. The van der Waals surface area contributed by atoms with Crippen LogP contribution in [0.25, 0.3) is 0 Å². The first-order valence-corrected chi connectivity index (χ1v) is 4.83. The lowest BCUT2D eigenvalue weighted by Gasteiger charge is -2.43. The second-order valence-electron chi connectivity index (χ2n) is 4.10. The number of carbonyl (C=O) groups is 1. The number of ether oxygens (including phenoxy) is 3. The quantitative estimate of drug-likeness (QED) is 0.526. The van der Waals surface area contributed by atoms with Gasteiger partial charge in [-0.25, -0.2) is 0 Å². The molecule has 0 aliphatic carbocycles. The molecule has 14 heavy (non-hydrogen) atoms. The van der Waals surface area contributed by atoms with Crippen LogP contribution in [0, 0.1) is 0 Å². The molecule has 4 heteroatoms. The molecule has 0 amide bonds. The van der Waals surface area contributed by atoms with Crippen LogP contribution in [0.2, 0.25) is 0 Å². The van der Waals surface area contributed by atoms with Gasteiger partial charge in [0.05, 0.1) is 19.6 Å². The molecule has 76 valence electrons. The number of ketones is 1. The SMILES string of the molecule is CC12C=CC(O1)C(=O)CC21OCCO1. The highest BCUT2D eigenvalue weighted by Crippen LogP contribution is 2.46. The molecule has 3 aliphatic heterocycles. The third-order valence-corrected chi connectivity index (χ3v) is 3.20. The summed E-state index contributed by atoms with van der Waals surface area (Å²) in [5, 5.41) is 0. The van der Waals surface area contributed by atoms with E-state index in [0.717, 1.165) is 0 Å². The molecule has 2 unspecified atom stereocenters. The van der Waals surface area contributed by atoms with E-state index in [9.17, 15) is 4.79 Å². The Balaban J connectivity index is 2.04. The molecule has 3 aliphatic rings. The van der Waals surface area contributed by atoms with Gasteiger partial charge in [-0.1, -0.05) is 0 Å². The third-order valence-electron chi connectivity index (χ3n) is 3.20. The molecule has 0 N–H and O–H groups in total. The molecule has 0 radical (unpaired) electrons. The molecule has 1 spiro atoms. The normalized spacial score (nSPS) is 43.8. The minimum absolute atomic E-state index is 0.0399. The largest absolute Gasteiger partial charge is 0.350 e. The average Bonchev–Trinajstić information content (AvgIpc) is 2.71. The van der Waals surface area contributed by atoms with E-state index in [1.165, 1.54) is 0 Å². The molecule has 2 fully saturated rings. The van der Waals surface area contributed by atoms with Crippen molar-refractivity contribution in [3.05, 3.63) is 12.2 Å². The first-order valence-electron chi connectivity index (χ1n) is 4.83. The predicted octanol–water partition coefficient (Wildman–Crippen LogP) is 0.416. The number of carbonyl (C=O) groups excluding carboxylic acids is 1. The molecule has 3 heterocycles. The van der Waals surface area contributed by atoms with Gasteiger partial charge in [0.15, 0.2) is 5.78 Å². The number of fused-ring (bicyclic) bond motifs is 3. The van der Waals surface area contributed by atoms with Gasteiger partial charge in [0.1, 0.15) is 11.7 Å². The van der Waals surface area contributed by atoms with Gasteiger partial charge in [-0.3, -0.25) is 4.79 Å². The van der Waals surface area contributed by atoms with Crippen LogP contribution in [-0.4, -0.2) is 36.5 Å². The summed E-state index contributed by atoms with van der Waals surface area (Å²) in [5.74, 6) is -0.828. The highest BCUT2D eigenvalue weighted by Gasteiger charge is 2.61. The number of hydrogen-bond donors (Lipinski definition) is 0. The fourth-order valence-electron chi connectivity index (χ4n) is 2.35. The Hall–Kier alpha value is -0.710. The number of rotatable bonds is 0. The molecule has 2 saturated heterocycles.